The summed E-state index contributed by atoms with van der Waals surface area (Å²) >= 11 is 0. The molecule has 3 heterocycles. The van der Waals surface area contributed by atoms with Crippen molar-refractivity contribution in [3.8, 4) is 16.9 Å². The Hall–Kier alpha value is -3.74. The van der Waals surface area contributed by atoms with E-state index in [1.54, 1.807) is 31.6 Å². The van der Waals surface area contributed by atoms with E-state index >= 15 is 0 Å². The van der Waals surface area contributed by atoms with Gasteiger partial charge >= 0.3 is 0 Å². The molecule has 1 aromatic heterocycles. The second-order valence-electron chi connectivity index (χ2n) is 9.19. The molecule has 2 aliphatic rings. The lowest BCUT2D eigenvalue weighted by Crippen LogP contribution is -2.51. The average Bonchev–Trinajstić information content (AvgIpc) is 2.99. The van der Waals surface area contributed by atoms with E-state index in [9.17, 15) is 9.18 Å². The lowest BCUT2D eigenvalue weighted by molar-refractivity contribution is -0.133. The van der Waals surface area contributed by atoms with Gasteiger partial charge in [-0.1, -0.05) is 18.2 Å². The lowest BCUT2D eigenvalue weighted by atomic mass is 9.74. The van der Waals surface area contributed by atoms with E-state index in [2.05, 4.69) is 4.98 Å². The Morgan fingerprint density at radius 1 is 1.12 bits per heavy atom. The molecule has 1 amide bonds. The number of carbonyl (C=O) groups is 1. The average molecular weight is 445 g/mol. The van der Waals surface area contributed by atoms with E-state index in [0.717, 1.165) is 22.3 Å². The number of nitrogens with zero attached hydrogens (tertiary/aromatic N) is 3. The van der Waals surface area contributed by atoms with Crippen molar-refractivity contribution in [1.29, 1.82) is 0 Å². The summed E-state index contributed by atoms with van der Waals surface area (Å²) < 4.78 is 19.9. The van der Waals surface area contributed by atoms with Crippen molar-refractivity contribution in [3.63, 3.8) is 0 Å². The molecule has 1 unspecified atom stereocenters. The largest absolute Gasteiger partial charge is 0.487 e. The number of ether oxygens (including phenoxy) is 1. The third kappa shape index (κ3) is 3.53. The number of aliphatic imine (C=N–C) groups is 1. The van der Waals surface area contributed by atoms with Crippen molar-refractivity contribution in [2.75, 3.05) is 7.05 Å². The van der Waals surface area contributed by atoms with Gasteiger partial charge in [-0.2, -0.15) is 0 Å². The smallest absolute Gasteiger partial charge is 0.261 e. The molecule has 2 aromatic carbocycles. The summed E-state index contributed by atoms with van der Waals surface area (Å²) in [6, 6.07) is 14.2. The number of hydrogen-bond acceptors (Lipinski definition) is 5. The molecule has 1 spiro atoms. The molecular weight excluding hydrogens is 419 g/mol. The van der Waals surface area contributed by atoms with Crippen molar-refractivity contribution in [2.24, 2.45) is 10.7 Å². The van der Waals surface area contributed by atoms with E-state index in [4.69, 9.17) is 15.5 Å². The van der Waals surface area contributed by atoms with Crippen LogP contribution in [0.4, 0.5) is 4.39 Å². The predicted molar refractivity (Wildman–Crippen MR) is 124 cm³/mol. The molecule has 0 saturated carbocycles. The maximum absolute atomic E-state index is 13.6. The van der Waals surface area contributed by atoms with Crippen LogP contribution in [0.15, 0.2) is 65.9 Å². The standard InChI is InChI=1S/C26H25FN4O2/c1-16-10-19(14-29-13-16)18-6-9-22-21(11-18)26(23(32)31(3)24(28)30-26)15-25(2,33-22)12-17-4-7-20(27)8-5-17/h4-11,13-14H,12,15H2,1-3H3,(H2,28,30)/t25-,26?/m1/s1. The second-order valence-corrected chi connectivity index (χ2v) is 9.19. The normalized spacial score (nSPS) is 23.9. The van der Waals surface area contributed by atoms with Crippen molar-refractivity contribution in [2.45, 2.75) is 37.8 Å². The van der Waals surface area contributed by atoms with Crippen LogP contribution in [-0.4, -0.2) is 34.4 Å². The first-order valence-corrected chi connectivity index (χ1v) is 10.8. The highest BCUT2D eigenvalue weighted by Crippen LogP contribution is 2.50. The number of likely N-dealkylation sites (N-methyl/N-ethyl adjacent to an activating group) is 1. The van der Waals surface area contributed by atoms with Crippen LogP contribution < -0.4 is 10.5 Å². The topological polar surface area (TPSA) is 80.8 Å². The first kappa shape index (κ1) is 21.1. The van der Waals surface area contributed by atoms with Gasteiger partial charge in [-0.3, -0.25) is 14.7 Å². The molecule has 0 aliphatic carbocycles. The summed E-state index contributed by atoms with van der Waals surface area (Å²) in [5.74, 6) is 0.294. The summed E-state index contributed by atoms with van der Waals surface area (Å²) in [4.78, 5) is 24.0. The minimum absolute atomic E-state index is 0.180. The molecule has 0 bridgehead atoms. The first-order valence-electron chi connectivity index (χ1n) is 10.8. The van der Waals surface area contributed by atoms with Gasteiger partial charge in [0.25, 0.3) is 5.91 Å². The molecule has 0 radical (unpaired) electrons. The summed E-state index contributed by atoms with van der Waals surface area (Å²) in [7, 11) is 1.64. The fourth-order valence-electron chi connectivity index (χ4n) is 4.90. The fraction of sp³-hybridized carbons (Fsp3) is 0.269. The maximum Gasteiger partial charge on any atom is 0.261 e. The summed E-state index contributed by atoms with van der Waals surface area (Å²) in [5, 5.41) is 0. The molecule has 3 aromatic rings. The predicted octanol–water partition coefficient (Wildman–Crippen LogP) is 3.96. The van der Waals surface area contributed by atoms with Gasteiger partial charge in [0.15, 0.2) is 11.5 Å². The summed E-state index contributed by atoms with van der Waals surface area (Å²) in [6.07, 6.45) is 4.39. The number of amides is 1. The molecule has 2 aliphatic heterocycles. The van der Waals surface area contributed by atoms with Crippen LogP contribution in [0.3, 0.4) is 0 Å². The summed E-state index contributed by atoms with van der Waals surface area (Å²) in [6.45, 7) is 3.94. The van der Waals surface area contributed by atoms with Crippen LogP contribution in [0.5, 0.6) is 5.75 Å². The monoisotopic (exact) mass is 444 g/mol. The summed E-state index contributed by atoms with van der Waals surface area (Å²) in [5.41, 5.74) is 8.70. The number of aryl methyl sites for hydroxylation is 1. The highest BCUT2D eigenvalue weighted by atomic mass is 19.1. The number of guanidine groups is 1. The van der Waals surface area contributed by atoms with E-state index in [0.29, 0.717) is 24.2 Å². The number of nitrogens with two attached hydrogens (primary N) is 1. The van der Waals surface area contributed by atoms with Crippen molar-refractivity contribution >= 4 is 11.9 Å². The lowest BCUT2D eigenvalue weighted by Gasteiger charge is -2.43. The third-order valence-electron chi connectivity index (χ3n) is 6.42. The minimum Gasteiger partial charge on any atom is -0.487 e. The highest BCUT2D eigenvalue weighted by Gasteiger charge is 2.56. The third-order valence-corrected chi connectivity index (χ3v) is 6.42. The van der Waals surface area contributed by atoms with Crippen molar-refractivity contribution < 1.29 is 13.9 Å². The Bertz CT molecular complexity index is 1290. The number of hydrogen-bond donors (Lipinski definition) is 1. The molecule has 33 heavy (non-hydrogen) atoms. The van der Waals surface area contributed by atoms with Crippen molar-refractivity contribution in [3.05, 3.63) is 83.4 Å². The van der Waals surface area contributed by atoms with Gasteiger partial charge in [0.05, 0.1) is 0 Å². The van der Waals surface area contributed by atoms with Gasteiger partial charge in [0.2, 0.25) is 0 Å². The minimum atomic E-state index is -1.19. The zero-order chi connectivity index (χ0) is 23.4. The van der Waals surface area contributed by atoms with Gasteiger partial charge < -0.3 is 10.5 Å². The molecule has 5 rings (SSSR count). The molecule has 6 nitrogen and oxygen atoms in total. The molecule has 2 atom stereocenters. The molecule has 2 N–H and O–H groups in total. The molecule has 168 valence electrons. The van der Waals surface area contributed by atoms with Crippen molar-refractivity contribution in [1.82, 2.24) is 9.88 Å². The zero-order valence-electron chi connectivity index (χ0n) is 18.8. The number of fused-ring (bicyclic) bond motifs is 2. The molecule has 7 heteroatoms. The van der Waals surface area contributed by atoms with Crippen LogP contribution in [-0.2, 0) is 16.8 Å². The molecular formula is C26H25FN4O2. The van der Waals surface area contributed by atoms with Crippen LogP contribution in [0.25, 0.3) is 11.1 Å². The van der Waals surface area contributed by atoms with Crippen LogP contribution >= 0.6 is 0 Å². The zero-order valence-corrected chi connectivity index (χ0v) is 18.8. The first-order chi connectivity index (χ1) is 15.7. The van der Waals surface area contributed by atoms with Crippen LogP contribution in [0.1, 0.15) is 30.0 Å². The van der Waals surface area contributed by atoms with E-state index in [-0.39, 0.29) is 17.7 Å². The number of benzene rings is 2. The number of pyridine rings is 1. The highest BCUT2D eigenvalue weighted by molar-refractivity contribution is 6.07. The second kappa shape index (κ2) is 7.40. The van der Waals surface area contributed by atoms with E-state index in [1.807, 2.05) is 38.1 Å². The van der Waals surface area contributed by atoms with Gasteiger partial charge in [-0.05, 0) is 60.9 Å². The Morgan fingerprint density at radius 3 is 2.55 bits per heavy atom. The van der Waals surface area contributed by atoms with Crippen LogP contribution in [0.2, 0.25) is 0 Å². The Kier molecular flexibility index (Phi) is 4.74. The molecule has 0 saturated heterocycles. The number of rotatable bonds is 3. The Balaban J connectivity index is 1.63. The molecule has 0 fully saturated rings. The maximum atomic E-state index is 13.6. The fourth-order valence-corrected chi connectivity index (χ4v) is 4.90. The number of aromatic nitrogens is 1. The SMILES string of the molecule is Cc1cncc(-c2ccc3c(c2)C2(C[C@@](C)(Cc4ccc(F)cc4)O3)N=C(N)N(C)C2=O)c1. The van der Waals surface area contributed by atoms with E-state index in [1.165, 1.54) is 17.0 Å². The van der Waals surface area contributed by atoms with Gasteiger partial charge in [0.1, 0.15) is 17.2 Å². The number of halogens is 1. The number of carbonyl (C=O) groups excluding carboxylic acids is 1. The van der Waals surface area contributed by atoms with Gasteiger partial charge in [0, 0.05) is 43.4 Å². The van der Waals surface area contributed by atoms with E-state index < -0.39 is 11.1 Å². The Morgan fingerprint density at radius 2 is 1.88 bits per heavy atom. The van der Waals surface area contributed by atoms with Gasteiger partial charge in [-0.25, -0.2) is 9.38 Å². The van der Waals surface area contributed by atoms with Crippen LogP contribution in [0, 0.1) is 12.7 Å². The Labute approximate surface area is 191 Å². The van der Waals surface area contributed by atoms with Gasteiger partial charge in [-0.15, -0.1) is 0 Å². The quantitative estimate of drug-likeness (QED) is 0.663.